The van der Waals surface area contributed by atoms with Gasteiger partial charge >= 0.3 is 0 Å². The summed E-state index contributed by atoms with van der Waals surface area (Å²) in [5.41, 5.74) is 1.12. The van der Waals surface area contributed by atoms with Crippen LogP contribution in [0.2, 0.25) is 0 Å². The van der Waals surface area contributed by atoms with Gasteiger partial charge in [0, 0.05) is 27.0 Å². The lowest BCUT2D eigenvalue weighted by molar-refractivity contribution is 0.149. The minimum absolute atomic E-state index is 0.330. The Morgan fingerprint density at radius 2 is 2.31 bits per heavy atom. The van der Waals surface area contributed by atoms with Gasteiger partial charge in [0.2, 0.25) is 0 Å². The minimum Gasteiger partial charge on any atom is -0.384 e. The second-order valence-corrected chi connectivity index (χ2v) is 4.32. The zero-order chi connectivity index (χ0) is 12.0. The highest BCUT2D eigenvalue weighted by Crippen LogP contribution is 2.19. The third-order valence-electron chi connectivity index (χ3n) is 2.63. The standard InChI is InChI=1S/C12H23N3O/c1-5-13-12(8-10(2)9-16-4)11-6-7-15(3)14-11/h6-7,10,12-13H,5,8-9H2,1-4H3. The molecule has 0 saturated heterocycles. The number of nitrogens with zero attached hydrogens (tertiary/aromatic N) is 2. The Morgan fingerprint density at radius 3 is 2.81 bits per heavy atom. The van der Waals surface area contributed by atoms with Crippen molar-refractivity contribution in [3.63, 3.8) is 0 Å². The molecule has 1 aromatic heterocycles. The van der Waals surface area contributed by atoms with Crippen LogP contribution >= 0.6 is 0 Å². The second kappa shape index (κ2) is 6.66. The molecule has 1 aromatic rings. The molecule has 0 aromatic carbocycles. The smallest absolute Gasteiger partial charge is 0.0793 e. The van der Waals surface area contributed by atoms with Gasteiger partial charge in [0.1, 0.15) is 0 Å². The van der Waals surface area contributed by atoms with Gasteiger partial charge in [-0.1, -0.05) is 13.8 Å². The van der Waals surface area contributed by atoms with E-state index in [4.69, 9.17) is 4.74 Å². The Hall–Kier alpha value is -0.870. The van der Waals surface area contributed by atoms with E-state index in [0.717, 1.165) is 25.3 Å². The van der Waals surface area contributed by atoms with E-state index in [1.54, 1.807) is 7.11 Å². The van der Waals surface area contributed by atoms with E-state index >= 15 is 0 Å². The molecule has 0 aliphatic rings. The molecule has 0 saturated carbocycles. The molecule has 0 radical (unpaired) electrons. The molecule has 1 rings (SSSR count). The van der Waals surface area contributed by atoms with Crippen LogP contribution in [0.1, 0.15) is 32.0 Å². The number of ether oxygens (including phenoxy) is 1. The topological polar surface area (TPSA) is 39.1 Å². The molecule has 92 valence electrons. The Bertz CT molecular complexity index is 298. The Kier molecular flexibility index (Phi) is 5.49. The molecule has 1 N–H and O–H groups in total. The van der Waals surface area contributed by atoms with Crippen molar-refractivity contribution in [3.05, 3.63) is 18.0 Å². The quantitative estimate of drug-likeness (QED) is 0.768. The Labute approximate surface area is 98.0 Å². The number of methoxy groups -OCH3 is 1. The largest absolute Gasteiger partial charge is 0.384 e. The van der Waals surface area contributed by atoms with Gasteiger partial charge in [-0.3, -0.25) is 4.68 Å². The zero-order valence-corrected chi connectivity index (χ0v) is 10.7. The summed E-state index contributed by atoms with van der Waals surface area (Å²) in [6, 6.07) is 2.41. The molecule has 16 heavy (non-hydrogen) atoms. The van der Waals surface area contributed by atoms with E-state index < -0.39 is 0 Å². The molecule has 4 nitrogen and oxygen atoms in total. The first-order valence-corrected chi connectivity index (χ1v) is 5.89. The van der Waals surface area contributed by atoms with Crippen LogP contribution in [0.3, 0.4) is 0 Å². The van der Waals surface area contributed by atoms with E-state index in [2.05, 4.69) is 30.3 Å². The van der Waals surface area contributed by atoms with Crippen molar-refractivity contribution < 1.29 is 4.74 Å². The molecule has 2 unspecified atom stereocenters. The van der Waals surface area contributed by atoms with Gasteiger partial charge in [-0.15, -0.1) is 0 Å². The molecular weight excluding hydrogens is 202 g/mol. The van der Waals surface area contributed by atoms with Crippen molar-refractivity contribution in [3.8, 4) is 0 Å². The van der Waals surface area contributed by atoms with Gasteiger partial charge in [0.25, 0.3) is 0 Å². The molecule has 1 heterocycles. The number of hydrogen-bond acceptors (Lipinski definition) is 3. The number of rotatable bonds is 7. The SMILES string of the molecule is CCNC(CC(C)COC)c1ccn(C)n1. The molecule has 0 bridgehead atoms. The summed E-state index contributed by atoms with van der Waals surface area (Å²) in [4.78, 5) is 0. The lowest BCUT2D eigenvalue weighted by Gasteiger charge is -2.19. The van der Waals surface area contributed by atoms with Crippen LogP contribution in [0.4, 0.5) is 0 Å². The molecule has 0 spiro atoms. The minimum atomic E-state index is 0.330. The van der Waals surface area contributed by atoms with Crippen molar-refractivity contribution >= 4 is 0 Å². The second-order valence-electron chi connectivity index (χ2n) is 4.32. The normalized spacial score (nSPS) is 15.0. The fraction of sp³-hybridized carbons (Fsp3) is 0.750. The third kappa shape index (κ3) is 3.94. The van der Waals surface area contributed by atoms with Crippen molar-refractivity contribution in [1.29, 1.82) is 0 Å². The van der Waals surface area contributed by atoms with E-state index in [1.807, 2.05) is 17.9 Å². The van der Waals surface area contributed by atoms with Gasteiger partial charge in [0.05, 0.1) is 11.7 Å². The maximum atomic E-state index is 5.17. The van der Waals surface area contributed by atoms with Crippen molar-refractivity contribution in [2.24, 2.45) is 13.0 Å². The fourth-order valence-electron chi connectivity index (χ4n) is 1.93. The number of aromatic nitrogens is 2. The van der Waals surface area contributed by atoms with E-state index in [9.17, 15) is 0 Å². The molecular formula is C12H23N3O. The van der Waals surface area contributed by atoms with Crippen LogP contribution in [0.15, 0.2) is 12.3 Å². The number of aryl methyl sites for hydroxylation is 1. The first-order valence-electron chi connectivity index (χ1n) is 5.89. The monoisotopic (exact) mass is 225 g/mol. The molecule has 0 amide bonds. The highest BCUT2D eigenvalue weighted by molar-refractivity contribution is 5.05. The zero-order valence-electron chi connectivity index (χ0n) is 10.7. The molecule has 0 aliphatic carbocycles. The highest BCUT2D eigenvalue weighted by atomic mass is 16.5. The Morgan fingerprint density at radius 1 is 1.56 bits per heavy atom. The summed E-state index contributed by atoms with van der Waals surface area (Å²) in [7, 11) is 3.70. The summed E-state index contributed by atoms with van der Waals surface area (Å²) in [5, 5.41) is 7.93. The first kappa shape index (κ1) is 13.2. The average molecular weight is 225 g/mol. The summed E-state index contributed by atoms with van der Waals surface area (Å²) in [6.07, 6.45) is 3.04. The molecule has 2 atom stereocenters. The first-order chi connectivity index (χ1) is 7.67. The van der Waals surface area contributed by atoms with E-state index in [1.165, 1.54) is 0 Å². The van der Waals surface area contributed by atoms with Gasteiger partial charge in [0.15, 0.2) is 0 Å². The maximum absolute atomic E-state index is 5.17. The van der Waals surface area contributed by atoms with E-state index in [-0.39, 0.29) is 0 Å². The lowest BCUT2D eigenvalue weighted by Crippen LogP contribution is -2.24. The lowest BCUT2D eigenvalue weighted by atomic mass is 10.0. The van der Waals surface area contributed by atoms with Gasteiger partial charge < -0.3 is 10.1 Å². The van der Waals surface area contributed by atoms with Crippen LogP contribution in [0.5, 0.6) is 0 Å². The van der Waals surface area contributed by atoms with Crippen molar-refractivity contribution in [2.75, 3.05) is 20.3 Å². The van der Waals surface area contributed by atoms with Crippen molar-refractivity contribution in [1.82, 2.24) is 15.1 Å². The third-order valence-corrected chi connectivity index (χ3v) is 2.63. The predicted octanol–water partition coefficient (Wildman–Crippen LogP) is 1.74. The maximum Gasteiger partial charge on any atom is 0.0793 e. The summed E-state index contributed by atoms with van der Waals surface area (Å²) >= 11 is 0. The van der Waals surface area contributed by atoms with Crippen LogP contribution in [0.25, 0.3) is 0 Å². The molecule has 4 heteroatoms. The van der Waals surface area contributed by atoms with Crippen LogP contribution < -0.4 is 5.32 Å². The summed E-state index contributed by atoms with van der Waals surface area (Å²) in [6.45, 7) is 6.09. The van der Waals surface area contributed by atoms with Gasteiger partial charge in [-0.05, 0) is 24.9 Å². The number of nitrogens with one attached hydrogen (secondary N) is 1. The highest BCUT2D eigenvalue weighted by Gasteiger charge is 2.16. The Balaban J connectivity index is 2.60. The predicted molar refractivity (Wildman–Crippen MR) is 65.3 cm³/mol. The summed E-state index contributed by atoms with van der Waals surface area (Å²) < 4.78 is 7.02. The summed E-state index contributed by atoms with van der Waals surface area (Å²) in [5.74, 6) is 0.538. The van der Waals surface area contributed by atoms with Gasteiger partial charge in [-0.2, -0.15) is 5.10 Å². The van der Waals surface area contributed by atoms with Crippen LogP contribution in [-0.2, 0) is 11.8 Å². The molecule has 0 fully saturated rings. The fourth-order valence-corrected chi connectivity index (χ4v) is 1.93. The van der Waals surface area contributed by atoms with Crippen LogP contribution in [0, 0.1) is 5.92 Å². The van der Waals surface area contributed by atoms with Gasteiger partial charge in [-0.25, -0.2) is 0 Å². The number of hydrogen-bond donors (Lipinski definition) is 1. The van der Waals surface area contributed by atoms with Crippen molar-refractivity contribution in [2.45, 2.75) is 26.3 Å². The van der Waals surface area contributed by atoms with E-state index in [0.29, 0.717) is 12.0 Å². The molecule has 0 aliphatic heterocycles. The van der Waals surface area contributed by atoms with Crippen LogP contribution in [-0.4, -0.2) is 30.0 Å². The average Bonchev–Trinajstić information content (AvgIpc) is 2.64.